The molecule has 2 aromatic heterocycles. The molecule has 0 spiro atoms. The second kappa shape index (κ2) is 6.27. The molecule has 5 nitrogen and oxygen atoms in total. The van der Waals surface area contributed by atoms with Gasteiger partial charge in [-0.05, 0) is 30.7 Å². The molecule has 1 N–H and O–H groups in total. The maximum atomic E-state index is 13.1. The van der Waals surface area contributed by atoms with Gasteiger partial charge in [-0.1, -0.05) is 12.2 Å². The summed E-state index contributed by atoms with van der Waals surface area (Å²) in [6, 6.07) is 3.25. The van der Waals surface area contributed by atoms with Gasteiger partial charge in [0.2, 0.25) is 0 Å². The Balaban J connectivity index is 2.18. The Hall–Kier alpha value is -1.62. The van der Waals surface area contributed by atoms with E-state index in [4.69, 9.17) is 16.2 Å². The number of aromatic nitrogens is 2. The van der Waals surface area contributed by atoms with Gasteiger partial charge in [-0.3, -0.25) is 4.55 Å². The third kappa shape index (κ3) is 3.66. The van der Waals surface area contributed by atoms with Crippen LogP contribution in [0.25, 0.3) is 16.3 Å². The van der Waals surface area contributed by atoms with E-state index in [0.717, 1.165) is 16.8 Å². The molecule has 1 aliphatic rings. The van der Waals surface area contributed by atoms with Gasteiger partial charge in [-0.25, -0.2) is 4.68 Å². The van der Waals surface area contributed by atoms with E-state index >= 15 is 0 Å². The SMILES string of the molecule is O=S(=O)(O)c1ccc(-c2cc(C(F)(F)F)nn2C2=CC=CCC2Cl)s1. The Morgan fingerprint density at radius 3 is 2.64 bits per heavy atom. The number of halogens is 4. The number of rotatable bonds is 3. The number of hydrogen-bond donors (Lipinski definition) is 1. The van der Waals surface area contributed by atoms with Crippen molar-refractivity contribution in [3.8, 4) is 10.6 Å². The highest BCUT2D eigenvalue weighted by Crippen LogP contribution is 2.38. The summed E-state index contributed by atoms with van der Waals surface area (Å²) in [5.74, 6) is 0. The first-order valence-electron chi connectivity index (χ1n) is 6.83. The number of nitrogens with zero attached hydrogens (tertiary/aromatic N) is 2. The second-order valence-corrected chi connectivity index (χ2v) is 8.40. The smallest absolute Gasteiger partial charge is 0.281 e. The van der Waals surface area contributed by atoms with Gasteiger partial charge in [-0.15, -0.1) is 22.9 Å². The van der Waals surface area contributed by atoms with Crippen LogP contribution in [0, 0.1) is 0 Å². The lowest BCUT2D eigenvalue weighted by Crippen LogP contribution is -2.14. The molecule has 2 aromatic rings. The minimum absolute atomic E-state index is 0.0411. The fourth-order valence-electron chi connectivity index (χ4n) is 2.28. The van der Waals surface area contributed by atoms with Crippen LogP contribution in [0.2, 0.25) is 0 Å². The van der Waals surface area contributed by atoms with Gasteiger partial charge in [0.15, 0.2) is 5.69 Å². The van der Waals surface area contributed by atoms with Crippen LogP contribution in [0.1, 0.15) is 12.1 Å². The highest BCUT2D eigenvalue weighted by molar-refractivity contribution is 7.88. The maximum absolute atomic E-state index is 13.1. The third-order valence-electron chi connectivity index (χ3n) is 3.40. The summed E-state index contributed by atoms with van der Waals surface area (Å²) in [6.07, 6.45) is 0.738. The van der Waals surface area contributed by atoms with E-state index in [0.29, 0.717) is 23.5 Å². The second-order valence-electron chi connectivity index (χ2n) is 5.14. The van der Waals surface area contributed by atoms with Crippen molar-refractivity contribution in [2.24, 2.45) is 0 Å². The molecule has 1 atom stereocenters. The molecule has 1 unspecified atom stereocenters. The van der Waals surface area contributed by atoms with Crippen LogP contribution in [-0.2, 0) is 16.3 Å². The van der Waals surface area contributed by atoms with Crippen molar-refractivity contribution in [2.45, 2.75) is 22.2 Å². The topological polar surface area (TPSA) is 72.2 Å². The Bertz CT molecular complexity index is 974. The molecule has 0 saturated carbocycles. The van der Waals surface area contributed by atoms with Gasteiger partial charge in [0.25, 0.3) is 0 Å². The van der Waals surface area contributed by atoms with E-state index in [9.17, 15) is 21.6 Å². The molecule has 0 saturated heterocycles. The van der Waals surface area contributed by atoms with Crippen molar-refractivity contribution in [3.63, 3.8) is 0 Å². The Labute approximate surface area is 149 Å². The summed E-state index contributed by atoms with van der Waals surface area (Å²) in [4.78, 5) is 0.204. The average molecular weight is 411 g/mol. The van der Waals surface area contributed by atoms with Crippen LogP contribution in [0.5, 0.6) is 0 Å². The van der Waals surface area contributed by atoms with Gasteiger partial charge >= 0.3 is 16.3 Å². The fourth-order valence-corrected chi connectivity index (χ4v) is 4.22. The summed E-state index contributed by atoms with van der Waals surface area (Å²) in [6.45, 7) is 0. The zero-order valence-electron chi connectivity index (χ0n) is 12.2. The third-order valence-corrected chi connectivity index (χ3v) is 6.23. The first kappa shape index (κ1) is 18.2. The first-order valence-corrected chi connectivity index (χ1v) is 9.53. The van der Waals surface area contributed by atoms with Crippen LogP contribution in [0.3, 0.4) is 0 Å². The quantitative estimate of drug-likeness (QED) is 0.605. The monoisotopic (exact) mass is 410 g/mol. The zero-order chi connectivity index (χ0) is 18.4. The van der Waals surface area contributed by atoms with Crippen LogP contribution < -0.4 is 0 Å². The Morgan fingerprint density at radius 2 is 2.08 bits per heavy atom. The van der Waals surface area contributed by atoms with E-state index in [-0.39, 0.29) is 14.8 Å². The van der Waals surface area contributed by atoms with Crippen molar-refractivity contribution in [1.29, 1.82) is 0 Å². The molecule has 134 valence electrons. The Morgan fingerprint density at radius 1 is 1.36 bits per heavy atom. The summed E-state index contributed by atoms with van der Waals surface area (Å²) < 4.78 is 71.4. The van der Waals surface area contributed by atoms with Crippen molar-refractivity contribution >= 4 is 38.8 Å². The molecular formula is C14H10ClF3N2O3S2. The lowest BCUT2D eigenvalue weighted by atomic mass is 10.1. The minimum atomic E-state index is -4.67. The molecule has 11 heteroatoms. The number of alkyl halides is 4. The number of thiophene rings is 1. The molecule has 0 fully saturated rings. The van der Waals surface area contributed by atoms with Gasteiger partial charge < -0.3 is 0 Å². The molecule has 25 heavy (non-hydrogen) atoms. The van der Waals surface area contributed by atoms with Crippen LogP contribution in [0.4, 0.5) is 13.2 Å². The van der Waals surface area contributed by atoms with Crippen LogP contribution in [-0.4, -0.2) is 28.1 Å². The van der Waals surface area contributed by atoms with E-state index in [1.807, 2.05) is 0 Å². The van der Waals surface area contributed by atoms with Crippen LogP contribution in [0.15, 0.2) is 40.6 Å². The summed E-state index contributed by atoms with van der Waals surface area (Å²) in [5.41, 5.74) is -0.737. The molecule has 3 rings (SSSR count). The van der Waals surface area contributed by atoms with E-state index in [1.54, 1.807) is 18.2 Å². The van der Waals surface area contributed by atoms with E-state index in [1.165, 1.54) is 6.07 Å². The van der Waals surface area contributed by atoms with Gasteiger partial charge in [0, 0.05) is 0 Å². The molecule has 0 bridgehead atoms. The van der Waals surface area contributed by atoms with Crippen molar-refractivity contribution in [2.75, 3.05) is 0 Å². The van der Waals surface area contributed by atoms with E-state index in [2.05, 4.69) is 5.10 Å². The minimum Gasteiger partial charge on any atom is -0.281 e. The van der Waals surface area contributed by atoms with Gasteiger partial charge in [0.1, 0.15) is 4.21 Å². The van der Waals surface area contributed by atoms with E-state index < -0.39 is 27.4 Å². The summed E-state index contributed by atoms with van der Waals surface area (Å²) in [7, 11) is -4.45. The van der Waals surface area contributed by atoms with Gasteiger partial charge in [0.05, 0.1) is 21.6 Å². The number of hydrogen-bond acceptors (Lipinski definition) is 4. The predicted octanol–water partition coefficient (Wildman–Crippen LogP) is 4.29. The van der Waals surface area contributed by atoms with Crippen molar-refractivity contribution in [3.05, 3.63) is 42.1 Å². The van der Waals surface area contributed by atoms with Crippen LogP contribution >= 0.6 is 22.9 Å². The lowest BCUT2D eigenvalue weighted by molar-refractivity contribution is -0.141. The highest BCUT2D eigenvalue weighted by atomic mass is 35.5. The summed E-state index contributed by atoms with van der Waals surface area (Å²) >= 11 is 6.83. The molecule has 0 aliphatic heterocycles. The number of allylic oxidation sites excluding steroid dienone is 4. The predicted molar refractivity (Wildman–Crippen MR) is 88.0 cm³/mol. The standard InChI is InChI=1S/C14H10ClF3N2O3S2/c15-8-3-1-2-4-9(8)20-10(7-12(19-20)14(16,17)18)11-5-6-13(24-11)25(21,22)23/h1-2,4-8H,3H2,(H,21,22,23). The first-order chi connectivity index (χ1) is 11.6. The largest absolute Gasteiger partial charge is 0.435 e. The molecule has 1 aliphatic carbocycles. The van der Waals surface area contributed by atoms with Crippen molar-refractivity contribution in [1.82, 2.24) is 9.78 Å². The maximum Gasteiger partial charge on any atom is 0.435 e. The molecule has 0 aromatic carbocycles. The highest BCUT2D eigenvalue weighted by Gasteiger charge is 2.36. The van der Waals surface area contributed by atoms with Crippen molar-refractivity contribution < 1.29 is 26.1 Å². The summed E-state index contributed by atoms with van der Waals surface area (Å²) in [5, 5.41) is 3.03. The molecule has 0 amide bonds. The molecule has 2 heterocycles. The Kier molecular flexibility index (Phi) is 4.56. The fraction of sp³-hybridized carbons (Fsp3) is 0.214. The zero-order valence-corrected chi connectivity index (χ0v) is 14.6. The average Bonchev–Trinajstić information content (AvgIpc) is 3.13. The van der Waals surface area contributed by atoms with Gasteiger partial charge in [-0.2, -0.15) is 26.7 Å². The normalized spacial score (nSPS) is 18.4. The molecular weight excluding hydrogens is 401 g/mol. The molecule has 0 radical (unpaired) electrons. The lowest BCUT2D eigenvalue weighted by Gasteiger charge is -2.17.